The molecule has 0 radical (unpaired) electrons. The van der Waals surface area contributed by atoms with Gasteiger partial charge in [-0.1, -0.05) is 0 Å². The van der Waals surface area contributed by atoms with Crippen LogP contribution in [0.2, 0.25) is 0 Å². The lowest BCUT2D eigenvalue weighted by atomic mass is 10.1. The largest absolute Gasteiger partial charge is 0.469 e. The summed E-state index contributed by atoms with van der Waals surface area (Å²) in [4.78, 5) is 23.3. The van der Waals surface area contributed by atoms with Gasteiger partial charge >= 0.3 is 5.97 Å². The van der Waals surface area contributed by atoms with Crippen molar-refractivity contribution in [3.63, 3.8) is 0 Å². The molecule has 0 saturated carbocycles. The molecule has 0 atom stereocenters. The Morgan fingerprint density at radius 2 is 2.14 bits per heavy atom. The van der Waals surface area contributed by atoms with Crippen LogP contribution in [-0.2, 0) is 14.3 Å². The van der Waals surface area contributed by atoms with Gasteiger partial charge in [0, 0.05) is 32.6 Å². The molecule has 1 aliphatic rings. The van der Waals surface area contributed by atoms with Gasteiger partial charge in [0.1, 0.15) is 0 Å². The smallest absolute Gasteiger partial charge is 0.306 e. The van der Waals surface area contributed by atoms with Crippen LogP contribution in [0.5, 0.6) is 0 Å². The van der Waals surface area contributed by atoms with Crippen LogP contribution in [-0.4, -0.2) is 49.6 Å². The van der Waals surface area contributed by atoms with Crippen LogP contribution in [0.1, 0.15) is 13.3 Å². The molecule has 0 spiro atoms. The number of carbonyl (C=O) groups excluding carboxylic acids is 2. The Kier molecular flexibility index (Phi) is 3.88. The molecule has 1 heterocycles. The summed E-state index contributed by atoms with van der Waals surface area (Å²) in [5.74, 6) is -0.101. The maximum absolute atomic E-state index is 10.8. The number of rotatable bonds is 4. The van der Waals surface area contributed by atoms with E-state index in [0.29, 0.717) is 19.0 Å². The summed E-state index contributed by atoms with van der Waals surface area (Å²) in [5.41, 5.74) is 0. The number of hydrogen-bond acceptors (Lipinski definition) is 4. The second-order valence-corrected chi connectivity index (χ2v) is 3.40. The standard InChI is InChI=1S/C9H16N2O3/c1-7(12)11-5-8(6-11)10-4-3-9(13)14-2/h8,10H,3-6H2,1-2H3. The number of hydrogen-bond donors (Lipinski definition) is 1. The highest BCUT2D eigenvalue weighted by molar-refractivity contribution is 5.74. The van der Waals surface area contributed by atoms with Gasteiger partial charge in [-0.2, -0.15) is 0 Å². The Morgan fingerprint density at radius 3 is 2.64 bits per heavy atom. The highest BCUT2D eigenvalue weighted by Gasteiger charge is 2.27. The Bertz CT molecular complexity index is 224. The van der Waals surface area contributed by atoms with Crippen molar-refractivity contribution in [2.75, 3.05) is 26.7 Å². The fraction of sp³-hybridized carbons (Fsp3) is 0.778. The van der Waals surface area contributed by atoms with E-state index in [1.807, 2.05) is 0 Å². The average Bonchev–Trinajstić information content (AvgIpc) is 2.07. The van der Waals surface area contributed by atoms with Crippen LogP contribution in [0.4, 0.5) is 0 Å². The molecule has 1 amide bonds. The predicted molar refractivity (Wildman–Crippen MR) is 50.7 cm³/mol. The topological polar surface area (TPSA) is 58.6 Å². The van der Waals surface area contributed by atoms with E-state index in [0.717, 1.165) is 13.1 Å². The number of likely N-dealkylation sites (tertiary alicyclic amines) is 1. The van der Waals surface area contributed by atoms with Crippen molar-refractivity contribution >= 4 is 11.9 Å². The van der Waals surface area contributed by atoms with E-state index >= 15 is 0 Å². The minimum absolute atomic E-state index is 0.107. The molecule has 0 aromatic rings. The zero-order valence-corrected chi connectivity index (χ0v) is 8.58. The summed E-state index contributed by atoms with van der Waals surface area (Å²) in [5, 5.41) is 3.17. The third-order valence-electron chi connectivity index (χ3n) is 2.32. The number of carbonyl (C=O) groups is 2. The molecule has 0 aromatic carbocycles. The molecule has 1 fully saturated rings. The van der Waals surface area contributed by atoms with Crippen LogP contribution >= 0.6 is 0 Å². The molecule has 0 aliphatic carbocycles. The maximum Gasteiger partial charge on any atom is 0.306 e. The van der Waals surface area contributed by atoms with Gasteiger partial charge in [-0.15, -0.1) is 0 Å². The van der Waals surface area contributed by atoms with Crippen LogP contribution in [0, 0.1) is 0 Å². The van der Waals surface area contributed by atoms with E-state index in [1.165, 1.54) is 7.11 Å². The van der Waals surface area contributed by atoms with Crippen LogP contribution < -0.4 is 5.32 Å². The predicted octanol–water partition coefficient (Wildman–Crippen LogP) is -0.630. The van der Waals surface area contributed by atoms with Gasteiger partial charge in [0.15, 0.2) is 0 Å². The normalized spacial score (nSPS) is 16.3. The summed E-state index contributed by atoms with van der Waals surface area (Å²) < 4.78 is 4.50. The van der Waals surface area contributed by atoms with E-state index in [1.54, 1.807) is 11.8 Å². The van der Waals surface area contributed by atoms with Crippen molar-refractivity contribution in [3.05, 3.63) is 0 Å². The van der Waals surface area contributed by atoms with Crippen LogP contribution in [0.15, 0.2) is 0 Å². The van der Waals surface area contributed by atoms with Crippen LogP contribution in [0.3, 0.4) is 0 Å². The molecular formula is C9H16N2O3. The summed E-state index contributed by atoms with van der Waals surface area (Å²) in [6, 6.07) is 0.337. The zero-order chi connectivity index (χ0) is 10.6. The fourth-order valence-electron chi connectivity index (χ4n) is 1.35. The quantitative estimate of drug-likeness (QED) is 0.614. The Morgan fingerprint density at radius 1 is 1.50 bits per heavy atom. The summed E-state index contributed by atoms with van der Waals surface area (Å²) in [6.45, 7) is 3.67. The first-order valence-electron chi connectivity index (χ1n) is 4.69. The molecule has 0 bridgehead atoms. The lowest BCUT2D eigenvalue weighted by molar-refractivity contribution is -0.141. The van der Waals surface area contributed by atoms with E-state index in [2.05, 4.69) is 10.1 Å². The third kappa shape index (κ3) is 2.99. The second kappa shape index (κ2) is 4.95. The Hall–Kier alpha value is -1.10. The lowest BCUT2D eigenvalue weighted by Gasteiger charge is -2.39. The van der Waals surface area contributed by atoms with E-state index < -0.39 is 0 Å². The summed E-state index contributed by atoms with van der Waals surface area (Å²) >= 11 is 0. The number of methoxy groups -OCH3 is 1. The van der Waals surface area contributed by atoms with Gasteiger partial charge in [-0.05, 0) is 0 Å². The van der Waals surface area contributed by atoms with Gasteiger partial charge in [-0.3, -0.25) is 9.59 Å². The number of nitrogens with zero attached hydrogens (tertiary/aromatic N) is 1. The van der Waals surface area contributed by atoms with Crippen molar-refractivity contribution in [1.29, 1.82) is 0 Å². The van der Waals surface area contributed by atoms with Gasteiger partial charge in [0.25, 0.3) is 0 Å². The fourth-order valence-corrected chi connectivity index (χ4v) is 1.35. The molecule has 0 aromatic heterocycles. The van der Waals surface area contributed by atoms with Gasteiger partial charge in [0.2, 0.25) is 5.91 Å². The number of ether oxygens (including phenoxy) is 1. The third-order valence-corrected chi connectivity index (χ3v) is 2.32. The molecule has 1 aliphatic heterocycles. The van der Waals surface area contributed by atoms with Crippen molar-refractivity contribution in [2.24, 2.45) is 0 Å². The molecule has 1 saturated heterocycles. The van der Waals surface area contributed by atoms with Gasteiger partial charge in [-0.25, -0.2) is 0 Å². The second-order valence-electron chi connectivity index (χ2n) is 3.40. The minimum Gasteiger partial charge on any atom is -0.469 e. The SMILES string of the molecule is COC(=O)CCNC1CN(C(C)=O)C1. The molecular weight excluding hydrogens is 184 g/mol. The Labute approximate surface area is 83.4 Å². The molecule has 1 rings (SSSR count). The van der Waals surface area contributed by atoms with Crippen molar-refractivity contribution in [1.82, 2.24) is 10.2 Å². The van der Waals surface area contributed by atoms with E-state index in [4.69, 9.17) is 0 Å². The number of esters is 1. The maximum atomic E-state index is 10.8. The van der Waals surface area contributed by atoms with E-state index in [-0.39, 0.29) is 11.9 Å². The highest BCUT2D eigenvalue weighted by atomic mass is 16.5. The molecule has 80 valence electrons. The van der Waals surface area contributed by atoms with E-state index in [9.17, 15) is 9.59 Å². The average molecular weight is 200 g/mol. The Balaban J connectivity index is 2.01. The molecule has 5 heteroatoms. The zero-order valence-electron chi connectivity index (χ0n) is 8.58. The number of nitrogens with one attached hydrogen (secondary N) is 1. The number of amides is 1. The van der Waals surface area contributed by atoms with Crippen molar-refractivity contribution in [2.45, 2.75) is 19.4 Å². The first-order chi connectivity index (χ1) is 6.63. The molecule has 1 N–H and O–H groups in total. The molecule has 0 unspecified atom stereocenters. The molecule has 14 heavy (non-hydrogen) atoms. The summed E-state index contributed by atoms with van der Waals surface area (Å²) in [6.07, 6.45) is 0.382. The van der Waals surface area contributed by atoms with Gasteiger partial charge < -0.3 is 15.0 Å². The van der Waals surface area contributed by atoms with Gasteiger partial charge in [0.05, 0.1) is 13.5 Å². The minimum atomic E-state index is -0.208. The first-order valence-corrected chi connectivity index (χ1v) is 4.69. The molecule has 5 nitrogen and oxygen atoms in total. The lowest BCUT2D eigenvalue weighted by Crippen LogP contribution is -2.59. The highest BCUT2D eigenvalue weighted by Crippen LogP contribution is 2.07. The van der Waals surface area contributed by atoms with Crippen molar-refractivity contribution in [3.8, 4) is 0 Å². The monoisotopic (exact) mass is 200 g/mol. The first kappa shape index (κ1) is 11.0. The summed E-state index contributed by atoms with van der Waals surface area (Å²) in [7, 11) is 1.38. The van der Waals surface area contributed by atoms with Crippen LogP contribution in [0.25, 0.3) is 0 Å². The van der Waals surface area contributed by atoms with Crippen molar-refractivity contribution < 1.29 is 14.3 Å².